The molecule has 13 N–H and O–H groups in total. The molecule has 8 amide bonds. The van der Waals surface area contributed by atoms with Crippen LogP contribution in [0.5, 0.6) is 11.5 Å². The standard InChI is InChI=1S/C44H59N9O15/c1-22(37(61)49-29(38(62)46-21-35(59)60)18-25-8-12-27(55)13-9-25)47-39(63)31(20-34(57)58)50-40(64)30(19-26-10-14-28(56)15-11-26)51-41(65)32-6-4-16-52(32)44(68)33-7-5-17-53(33)43(67)23(2)48-42(66)36(45)24(3)54/h8-15,22-24,29-33,36,54-56H,4-7,16-21,45H2,1-3H3,(H,46,62)(H,47,63)(H,48,66)(H,49,61)(H,50,64)(H,51,65)(H,57,58)(H,59,60)/t22-,23-,24+,29-,30-,31-,32-,33-,36-/m0/s1. The number of carbonyl (C=O) groups excluding carboxylic acids is 8. The molecule has 2 aromatic rings. The second kappa shape index (κ2) is 24.4. The van der Waals surface area contributed by atoms with Crippen molar-refractivity contribution in [2.75, 3.05) is 19.6 Å². The fraction of sp³-hybridized carbons (Fsp3) is 0.500. The van der Waals surface area contributed by atoms with E-state index in [9.17, 15) is 68.4 Å². The van der Waals surface area contributed by atoms with Crippen LogP contribution in [0.15, 0.2) is 48.5 Å². The maximum absolute atomic E-state index is 14.1. The number of hydrogen-bond acceptors (Lipinski definition) is 14. The molecule has 0 saturated carbocycles. The van der Waals surface area contributed by atoms with E-state index in [2.05, 4.69) is 31.9 Å². The third kappa shape index (κ3) is 15.1. The molecule has 0 spiro atoms. The van der Waals surface area contributed by atoms with E-state index >= 15 is 0 Å². The van der Waals surface area contributed by atoms with Gasteiger partial charge in [0, 0.05) is 25.9 Å². The van der Waals surface area contributed by atoms with Crippen molar-refractivity contribution < 1.29 is 73.5 Å². The predicted molar refractivity (Wildman–Crippen MR) is 237 cm³/mol. The Morgan fingerprint density at radius 1 is 0.603 bits per heavy atom. The number of aromatic hydroxyl groups is 2. The molecule has 24 heteroatoms. The first-order valence-corrected chi connectivity index (χ1v) is 21.9. The summed E-state index contributed by atoms with van der Waals surface area (Å²) < 4.78 is 0. The van der Waals surface area contributed by atoms with E-state index in [1.165, 1.54) is 79.1 Å². The van der Waals surface area contributed by atoms with Crippen molar-refractivity contribution in [1.82, 2.24) is 41.7 Å². The molecule has 2 aliphatic rings. The van der Waals surface area contributed by atoms with Gasteiger partial charge >= 0.3 is 11.9 Å². The summed E-state index contributed by atoms with van der Waals surface area (Å²) >= 11 is 0. The third-order valence-corrected chi connectivity index (χ3v) is 11.4. The van der Waals surface area contributed by atoms with Gasteiger partial charge in [0.15, 0.2) is 0 Å². The Hall–Kier alpha value is -7.34. The van der Waals surface area contributed by atoms with E-state index in [0.29, 0.717) is 24.0 Å². The van der Waals surface area contributed by atoms with Crippen LogP contribution in [0.1, 0.15) is 64.0 Å². The van der Waals surface area contributed by atoms with E-state index in [0.717, 1.165) is 0 Å². The Balaban J connectivity index is 1.49. The number of nitrogens with two attached hydrogens (primary N) is 1. The molecule has 370 valence electrons. The lowest BCUT2D eigenvalue weighted by Crippen LogP contribution is -2.60. The zero-order valence-corrected chi connectivity index (χ0v) is 37.7. The van der Waals surface area contributed by atoms with Crippen molar-refractivity contribution in [2.24, 2.45) is 5.73 Å². The van der Waals surface area contributed by atoms with Crippen LogP contribution < -0.4 is 37.6 Å². The zero-order chi connectivity index (χ0) is 50.4. The number of nitrogens with zero attached hydrogens (tertiary/aromatic N) is 2. The maximum atomic E-state index is 14.1. The molecule has 2 heterocycles. The number of aliphatic hydroxyl groups excluding tert-OH is 1. The summed E-state index contributed by atoms with van der Waals surface area (Å²) in [7, 11) is 0. The summed E-state index contributed by atoms with van der Waals surface area (Å²) in [6.07, 6.45) is -1.37. The molecule has 9 atom stereocenters. The summed E-state index contributed by atoms with van der Waals surface area (Å²) in [6, 6.07) is 0.428. The zero-order valence-electron chi connectivity index (χ0n) is 37.7. The second-order valence-corrected chi connectivity index (χ2v) is 16.7. The molecule has 0 aromatic heterocycles. The monoisotopic (exact) mass is 953 g/mol. The Morgan fingerprint density at radius 2 is 1.09 bits per heavy atom. The van der Waals surface area contributed by atoms with Crippen molar-refractivity contribution in [2.45, 2.75) is 120 Å². The number of carbonyl (C=O) groups is 10. The number of phenols is 2. The molecule has 2 aliphatic heterocycles. The van der Waals surface area contributed by atoms with Crippen LogP contribution in [-0.4, -0.2) is 169 Å². The van der Waals surface area contributed by atoms with Crippen LogP contribution in [0.2, 0.25) is 0 Å². The van der Waals surface area contributed by atoms with Crippen molar-refractivity contribution in [3.63, 3.8) is 0 Å². The average molecular weight is 954 g/mol. The van der Waals surface area contributed by atoms with Gasteiger partial charge in [-0.2, -0.15) is 0 Å². The van der Waals surface area contributed by atoms with Crippen molar-refractivity contribution in [3.8, 4) is 11.5 Å². The van der Waals surface area contributed by atoms with Crippen LogP contribution in [0, 0.1) is 0 Å². The number of hydrogen-bond donors (Lipinski definition) is 12. The van der Waals surface area contributed by atoms with E-state index in [1.807, 2.05) is 0 Å². The van der Waals surface area contributed by atoms with E-state index in [4.69, 9.17) is 10.8 Å². The minimum absolute atomic E-state index is 0.0779. The van der Waals surface area contributed by atoms with Gasteiger partial charge in [-0.15, -0.1) is 0 Å². The van der Waals surface area contributed by atoms with Crippen molar-refractivity contribution >= 4 is 59.2 Å². The summed E-state index contributed by atoms with van der Waals surface area (Å²) in [5.74, 6) is -9.79. The van der Waals surface area contributed by atoms with E-state index < -0.39 is 127 Å². The molecule has 24 nitrogen and oxygen atoms in total. The molecular weight excluding hydrogens is 895 g/mol. The van der Waals surface area contributed by atoms with Gasteiger partial charge in [-0.3, -0.25) is 47.9 Å². The van der Waals surface area contributed by atoms with Crippen LogP contribution in [0.4, 0.5) is 0 Å². The van der Waals surface area contributed by atoms with Crippen molar-refractivity contribution in [3.05, 3.63) is 59.7 Å². The van der Waals surface area contributed by atoms with Gasteiger partial charge in [0.25, 0.3) is 0 Å². The molecule has 0 radical (unpaired) electrons. The van der Waals surface area contributed by atoms with E-state index in [-0.39, 0.29) is 50.3 Å². The van der Waals surface area contributed by atoms with Gasteiger partial charge in [-0.05, 0) is 81.8 Å². The molecular formula is C44H59N9O15. The highest BCUT2D eigenvalue weighted by atomic mass is 16.4. The number of aliphatic carboxylic acids is 2. The number of amides is 8. The lowest BCUT2D eigenvalue weighted by molar-refractivity contribution is -0.148. The first kappa shape index (κ1) is 53.3. The van der Waals surface area contributed by atoms with Crippen molar-refractivity contribution in [1.29, 1.82) is 0 Å². The van der Waals surface area contributed by atoms with Gasteiger partial charge in [-0.25, -0.2) is 0 Å². The third-order valence-electron chi connectivity index (χ3n) is 11.4. The summed E-state index contributed by atoms with van der Waals surface area (Å²) in [5.41, 5.74) is 6.58. The Bertz CT molecular complexity index is 2190. The molecule has 2 fully saturated rings. The number of carboxylic acids is 2. The number of carboxylic acid groups (broad SMARTS) is 2. The summed E-state index contributed by atoms with van der Waals surface area (Å²) in [4.78, 5) is 134. The molecule has 2 aromatic carbocycles. The van der Waals surface area contributed by atoms with Gasteiger partial charge in [0.05, 0.1) is 12.5 Å². The molecule has 0 aliphatic carbocycles. The maximum Gasteiger partial charge on any atom is 0.322 e. The van der Waals surface area contributed by atoms with Crippen LogP contribution in [0.3, 0.4) is 0 Å². The Kier molecular flexibility index (Phi) is 19.1. The Morgan fingerprint density at radius 3 is 1.62 bits per heavy atom. The fourth-order valence-electron chi connectivity index (χ4n) is 7.66. The molecule has 68 heavy (non-hydrogen) atoms. The number of nitrogens with one attached hydrogen (secondary N) is 6. The second-order valence-electron chi connectivity index (χ2n) is 16.7. The number of aliphatic hydroxyl groups is 1. The van der Waals surface area contributed by atoms with Crippen LogP contribution in [-0.2, 0) is 60.8 Å². The summed E-state index contributed by atoms with van der Waals surface area (Å²) in [5, 5.41) is 62.3. The fourth-order valence-corrected chi connectivity index (χ4v) is 7.66. The summed E-state index contributed by atoms with van der Waals surface area (Å²) in [6.45, 7) is 3.46. The number of rotatable bonds is 22. The van der Waals surface area contributed by atoms with Gasteiger partial charge in [-0.1, -0.05) is 24.3 Å². The van der Waals surface area contributed by atoms with Gasteiger partial charge < -0.3 is 73.0 Å². The minimum Gasteiger partial charge on any atom is -0.508 e. The normalized spacial score (nSPS) is 18.6. The van der Waals surface area contributed by atoms with Gasteiger partial charge in [0.1, 0.15) is 66.4 Å². The van der Waals surface area contributed by atoms with E-state index in [1.54, 1.807) is 0 Å². The largest absolute Gasteiger partial charge is 0.508 e. The first-order valence-electron chi connectivity index (χ1n) is 21.9. The lowest BCUT2D eigenvalue weighted by Gasteiger charge is -2.33. The van der Waals surface area contributed by atoms with Crippen LogP contribution in [0.25, 0.3) is 0 Å². The SMILES string of the molecule is C[C@H](NC(=O)[C@H](CC(=O)O)NC(=O)[C@H](Cc1ccc(O)cc1)NC(=O)[C@@H]1CCCN1C(=O)[C@@H]1CCCN1C(=O)[C@H](C)NC(=O)[C@@H](N)[C@@H](C)O)C(=O)N[C@@H](Cc1ccc(O)cc1)C(=O)NCC(=O)O. The molecule has 0 unspecified atom stereocenters. The number of phenolic OH excluding ortho intramolecular Hbond substituents is 2. The molecule has 0 bridgehead atoms. The highest BCUT2D eigenvalue weighted by Crippen LogP contribution is 2.26. The molecule has 4 rings (SSSR count). The Labute approximate surface area is 390 Å². The number of likely N-dealkylation sites (tertiary alicyclic amines) is 2. The highest BCUT2D eigenvalue weighted by Gasteiger charge is 2.44. The predicted octanol–water partition coefficient (Wildman–Crippen LogP) is -3.29. The molecule has 2 saturated heterocycles. The highest BCUT2D eigenvalue weighted by molar-refractivity contribution is 5.99. The van der Waals surface area contributed by atoms with Crippen LogP contribution >= 0.6 is 0 Å². The average Bonchev–Trinajstić information content (AvgIpc) is 3.99. The smallest absolute Gasteiger partial charge is 0.322 e. The lowest BCUT2D eigenvalue weighted by atomic mass is 10.0. The minimum atomic E-state index is -1.84. The topological polar surface area (TPSA) is 377 Å². The first-order chi connectivity index (χ1) is 32.1. The number of benzene rings is 2. The quantitative estimate of drug-likeness (QED) is 0.0550. The van der Waals surface area contributed by atoms with Gasteiger partial charge in [0.2, 0.25) is 47.3 Å².